The Morgan fingerprint density at radius 2 is 2.03 bits per heavy atom. The maximum absolute atomic E-state index is 11.6. The normalized spacial score (nSPS) is 15.3. The molecule has 1 aliphatic rings. The highest BCUT2D eigenvalue weighted by atomic mass is 16.2. The van der Waals surface area contributed by atoms with Crippen molar-refractivity contribution in [3.8, 4) is 0 Å². The molecule has 1 aliphatic heterocycles. The molecule has 3 rings (SSSR count). The lowest BCUT2D eigenvalue weighted by Crippen LogP contribution is -2.39. The molecule has 1 fully saturated rings. The van der Waals surface area contributed by atoms with Gasteiger partial charge in [0.05, 0.1) is 24.2 Å². The van der Waals surface area contributed by atoms with Gasteiger partial charge >= 0.3 is 0 Å². The highest BCUT2D eigenvalue weighted by Crippen LogP contribution is 2.21. The van der Waals surface area contributed by atoms with Crippen LogP contribution in [0.1, 0.15) is 45.7 Å². The van der Waals surface area contributed by atoms with Crippen LogP contribution in [0.4, 0.5) is 5.82 Å². The molecule has 30 heavy (non-hydrogen) atoms. The Balaban J connectivity index is 0.000000269. The lowest BCUT2D eigenvalue weighted by Gasteiger charge is -2.31. The van der Waals surface area contributed by atoms with Crippen molar-refractivity contribution in [2.45, 2.75) is 58.0 Å². The summed E-state index contributed by atoms with van der Waals surface area (Å²) in [7, 11) is 0. The number of nitrogens with zero attached hydrogens (tertiary/aromatic N) is 4. The summed E-state index contributed by atoms with van der Waals surface area (Å²) in [5.41, 5.74) is 11.4. The van der Waals surface area contributed by atoms with Crippen LogP contribution in [0.25, 0.3) is 0 Å². The molecular weight excluding hydrogens is 384 g/mol. The second-order valence-corrected chi connectivity index (χ2v) is 8.28. The molecule has 1 saturated heterocycles. The fourth-order valence-electron chi connectivity index (χ4n) is 3.21. The third-order valence-corrected chi connectivity index (χ3v) is 4.95. The first-order valence-electron chi connectivity index (χ1n) is 10.3. The van der Waals surface area contributed by atoms with Gasteiger partial charge in [-0.2, -0.15) is 0 Å². The SMILES string of the molecule is CC(N)C(=O)Nc1cn(C(C)(C)CN2CCCC2)cn1.NC(=O)CCc1cnc[nH]1. The van der Waals surface area contributed by atoms with E-state index >= 15 is 0 Å². The molecule has 0 bridgehead atoms. The molecule has 6 N–H and O–H groups in total. The third kappa shape index (κ3) is 7.60. The highest BCUT2D eigenvalue weighted by molar-refractivity contribution is 5.93. The number of aryl methyl sites for hydroxylation is 1. The summed E-state index contributed by atoms with van der Waals surface area (Å²) in [6, 6.07) is -0.530. The van der Waals surface area contributed by atoms with Crippen LogP contribution in [0.15, 0.2) is 25.0 Å². The standard InChI is InChI=1S/C14H25N5O.C6H9N3O/c1-11(15)13(20)17-12-8-19(10-16-12)14(2,3)9-18-6-4-5-7-18;7-6(10)2-1-5-3-8-4-9-5/h8,10-11H,4-7,9,15H2,1-3H3,(H,17,20);3-4H,1-2H2,(H2,7,10)(H,8,9). The number of hydrogen-bond acceptors (Lipinski definition) is 6. The van der Waals surface area contributed by atoms with Crippen molar-refractivity contribution >= 4 is 17.6 Å². The van der Waals surface area contributed by atoms with E-state index in [1.165, 1.54) is 25.9 Å². The van der Waals surface area contributed by atoms with Gasteiger partial charge in [-0.1, -0.05) is 0 Å². The van der Waals surface area contributed by atoms with Gasteiger partial charge in [-0.3, -0.25) is 9.59 Å². The summed E-state index contributed by atoms with van der Waals surface area (Å²) in [5.74, 6) is 0.0593. The number of nitrogens with two attached hydrogens (primary N) is 2. The second kappa shape index (κ2) is 10.9. The fourth-order valence-corrected chi connectivity index (χ4v) is 3.21. The second-order valence-electron chi connectivity index (χ2n) is 8.28. The van der Waals surface area contributed by atoms with Crippen LogP contribution in [-0.4, -0.2) is 61.9 Å². The number of carbonyl (C=O) groups is 2. The minimum atomic E-state index is -0.530. The number of likely N-dealkylation sites (tertiary alicyclic amines) is 1. The zero-order chi connectivity index (χ0) is 22.1. The average Bonchev–Trinajstić information content (AvgIpc) is 3.43. The number of nitrogens with one attached hydrogen (secondary N) is 2. The fraction of sp³-hybridized carbons (Fsp3) is 0.600. The molecule has 1 atom stereocenters. The Kier molecular flexibility index (Phi) is 8.55. The van der Waals surface area contributed by atoms with Crippen molar-refractivity contribution in [1.29, 1.82) is 0 Å². The number of anilines is 1. The molecule has 0 saturated carbocycles. The molecule has 0 spiro atoms. The summed E-state index contributed by atoms with van der Waals surface area (Å²) in [6.45, 7) is 9.36. The van der Waals surface area contributed by atoms with E-state index in [0.29, 0.717) is 18.7 Å². The van der Waals surface area contributed by atoms with Crippen LogP contribution >= 0.6 is 0 Å². The molecule has 10 nitrogen and oxygen atoms in total. The van der Waals surface area contributed by atoms with Gasteiger partial charge in [0, 0.05) is 31.1 Å². The monoisotopic (exact) mass is 418 g/mol. The quantitative estimate of drug-likeness (QED) is 0.499. The van der Waals surface area contributed by atoms with Crippen LogP contribution in [0, 0.1) is 0 Å². The van der Waals surface area contributed by atoms with Gasteiger partial charge in [0.1, 0.15) is 0 Å². The molecule has 1 unspecified atom stereocenters. The van der Waals surface area contributed by atoms with Gasteiger partial charge in [0.2, 0.25) is 11.8 Å². The van der Waals surface area contributed by atoms with Crippen molar-refractivity contribution < 1.29 is 9.59 Å². The molecular formula is C20H34N8O2. The van der Waals surface area contributed by atoms with E-state index in [9.17, 15) is 9.59 Å². The van der Waals surface area contributed by atoms with E-state index in [4.69, 9.17) is 11.5 Å². The van der Waals surface area contributed by atoms with Gasteiger partial charge in [0.15, 0.2) is 5.82 Å². The van der Waals surface area contributed by atoms with E-state index in [1.54, 1.807) is 25.8 Å². The molecule has 10 heteroatoms. The first-order chi connectivity index (χ1) is 14.2. The van der Waals surface area contributed by atoms with Crippen LogP contribution in [0.2, 0.25) is 0 Å². The van der Waals surface area contributed by atoms with Gasteiger partial charge in [0.25, 0.3) is 0 Å². The van der Waals surface area contributed by atoms with E-state index in [-0.39, 0.29) is 17.4 Å². The number of imidazole rings is 2. The minimum absolute atomic E-state index is 0.0470. The summed E-state index contributed by atoms with van der Waals surface area (Å²) >= 11 is 0. The van der Waals surface area contributed by atoms with Crippen molar-refractivity contribution in [1.82, 2.24) is 24.4 Å². The predicted molar refractivity (Wildman–Crippen MR) is 116 cm³/mol. The molecule has 2 aromatic heterocycles. The largest absolute Gasteiger partial charge is 0.370 e. The van der Waals surface area contributed by atoms with Gasteiger partial charge < -0.3 is 31.2 Å². The number of carbonyl (C=O) groups excluding carboxylic acids is 2. The number of aromatic nitrogens is 4. The molecule has 0 radical (unpaired) electrons. The zero-order valence-electron chi connectivity index (χ0n) is 18.1. The van der Waals surface area contributed by atoms with Crippen LogP contribution < -0.4 is 16.8 Å². The van der Waals surface area contributed by atoms with Crippen LogP contribution in [0.3, 0.4) is 0 Å². The van der Waals surface area contributed by atoms with Crippen molar-refractivity contribution in [3.63, 3.8) is 0 Å². The first kappa shape index (κ1) is 23.6. The lowest BCUT2D eigenvalue weighted by molar-refractivity contribution is -0.118. The molecule has 2 amide bonds. The molecule has 3 heterocycles. The van der Waals surface area contributed by atoms with Crippen molar-refractivity contribution in [2.24, 2.45) is 11.5 Å². The maximum Gasteiger partial charge on any atom is 0.242 e. The number of rotatable bonds is 8. The summed E-state index contributed by atoms with van der Waals surface area (Å²) in [5, 5.41) is 2.72. The average molecular weight is 419 g/mol. The number of H-pyrrole nitrogens is 1. The van der Waals surface area contributed by atoms with Gasteiger partial charge in [-0.05, 0) is 53.1 Å². The minimum Gasteiger partial charge on any atom is -0.370 e. The van der Waals surface area contributed by atoms with Gasteiger partial charge in [-0.25, -0.2) is 9.97 Å². The third-order valence-electron chi connectivity index (χ3n) is 4.95. The van der Waals surface area contributed by atoms with Crippen LogP contribution in [0.5, 0.6) is 0 Å². The number of amides is 2. The summed E-state index contributed by atoms with van der Waals surface area (Å²) < 4.78 is 2.06. The number of aromatic amines is 1. The summed E-state index contributed by atoms with van der Waals surface area (Å²) in [4.78, 5) is 35.2. The summed E-state index contributed by atoms with van der Waals surface area (Å²) in [6.07, 6.45) is 10.5. The number of hydrogen-bond donors (Lipinski definition) is 4. The van der Waals surface area contributed by atoms with Crippen molar-refractivity contribution in [2.75, 3.05) is 25.0 Å². The maximum atomic E-state index is 11.6. The highest BCUT2D eigenvalue weighted by Gasteiger charge is 2.25. The smallest absolute Gasteiger partial charge is 0.242 e. The molecule has 166 valence electrons. The van der Waals surface area contributed by atoms with E-state index < -0.39 is 6.04 Å². The van der Waals surface area contributed by atoms with Gasteiger partial charge in [-0.15, -0.1) is 0 Å². The first-order valence-corrected chi connectivity index (χ1v) is 10.3. The van der Waals surface area contributed by atoms with E-state index in [2.05, 4.69) is 43.6 Å². The Bertz CT molecular complexity index is 792. The number of primary amides is 1. The Labute approximate surface area is 177 Å². The predicted octanol–water partition coefficient (Wildman–Crippen LogP) is 0.827. The van der Waals surface area contributed by atoms with E-state index in [1.807, 2.05) is 6.20 Å². The topological polar surface area (TPSA) is 148 Å². The lowest BCUT2D eigenvalue weighted by atomic mass is 10.1. The Morgan fingerprint density at radius 1 is 1.33 bits per heavy atom. The van der Waals surface area contributed by atoms with E-state index in [0.717, 1.165) is 12.2 Å². The Hall–Kier alpha value is -2.72. The molecule has 0 aliphatic carbocycles. The van der Waals surface area contributed by atoms with Crippen LogP contribution in [-0.2, 0) is 21.5 Å². The van der Waals surface area contributed by atoms with Crippen molar-refractivity contribution in [3.05, 3.63) is 30.7 Å². The molecule has 2 aromatic rings. The Morgan fingerprint density at radius 3 is 2.60 bits per heavy atom. The zero-order valence-corrected chi connectivity index (χ0v) is 18.1. The molecule has 0 aromatic carbocycles.